The zero-order valence-corrected chi connectivity index (χ0v) is 18.9. The number of carbonyl (C=O) groups is 1. The molecule has 178 valence electrons. The Morgan fingerprint density at radius 1 is 1.09 bits per heavy atom. The van der Waals surface area contributed by atoms with Crippen LogP contribution in [-0.2, 0) is 13.1 Å². The van der Waals surface area contributed by atoms with Crippen LogP contribution in [0, 0.1) is 19.3 Å². The highest BCUT2D eigenvalue weighted by molar-refractivity contribution is 5.75. The maximum atomic E-state index is 12.7. The zero-order valence-electron chi connectivity index (χ0n) is 18.9. The number of aromatic nitrogens is 2. The summed E-state index contributed by atoms with van der Waals surface area (Å²) in [4.78, 5) is 18.7. The van der Waals surface area contributed by atoms with Gasteiger partial charge in [-0.1, -0.05) is 12.1 Å². The summed E-state index contributed by atoms with van der Waals surface area (Å²) in [6, 6.07) is 10.0. The molecule has 6 nitrogen and oxygen atoms in total. The lowest BCUT2D eigenvalue weighted by Gasteiger charge is -2.31. The van der Waals surface area contributed by atoms with Gasteiger partial charge in [0.2, 0.25) is 0 Å². The van der Waals surface area contributed by atoms with Crippen LogP contribution in [0.25, 0.3) is 11.1 Å². The van der Waals surface area contributed by atoms with Crippen LogP contribution in [0.2, 0.25) is 0 Å². The van der Waals surface area contributed by atoms with Crippen molar-refractivity contribution in [3.8, 4) is 22.6 Å². The SMILES string of the molecule is Cc1cc(-c2ccc3c(c2)CN(CC2(Cn4ccnc4C)CC2)C(=O)O3)ccc1OC(F)(F)F. The second kappa shape index (κ2) is 8.07. The van der Waals surface area contributed by atoms with Crippen LogP contribution in [0.1, 0.15) is 29.8 Å². The van der Waals surface area contributed by atoms with Gasteiger partial charge in [0.15, 0.2) is 0 Å². The van der Waals surface area contributed by atoms with Gasteiger partial charge in [0.25, 0.3) is 0 Å². The molecule has 0 atom stereocenters. The first kappa shape index (κ1) is 22.3. The molecule has 9 heteroatoms. The highest BCUT2D eigenvalue weighted by atomic mass is 19.4. The average Bonchev–Trinajstić information content (AvgIpc) is 3.41. The summed E-state index contributed by atoms with van der Waals surface area (Å²) in [5.41, 5.74) is 2.84. The molecule has 0 N–H and O–H groups in total. The fourth-order valence-electron chi connectivity index (χ4n) is 4.48. The summed E-state index contributed by atoms with van der Waals surface area (Å²) in [7, 11) is 0. The van der Waals surface area contributed by atoms with Crippen molar-refractivity contribution in [3.05, 3.63) is 65.7 Å². The van der Waals surface area contributed by atoms with Crippen LogP contribution in [0.15, 0.2) is 48.8 Å². The van der Waals surface area contributed by atoms with E-state index in [9.17, 15) is 18.0 Å². The highest BCUT2D eigenvalue weighted by Crippen LogP contribution is 2.48. The Hall–Kier alpha value is -3.49. The Morgan fingerprint density at radius 2 is 1.82 bits per heavy atom. The molecule has 5 rings (SSSR count). The van der Waals surface area contributed by atoms with E-state index in [1.54, 1.807) is 42.3 Å². The Bertz CT molecular complexity index is 1250. The molecule has 2 aromatic carbocycles. The van der Waals surface area contributed by atoms with Crippen molar-refractivity contribution < 1.29 is 27.4 Å². The predicted molar refractivity (Wildman–Crippen MR) is 118 cm³/mol. The first-order valence-electron chi connectivity index (χ1n) is 11.1. The molecule has 34 heavy (non-hydrogen) atoms. The van der Waals surface area contributed by atoms with Crippen molar-refractivity contribution in [2.75, 3.05) is 6.54 Å². The van der Waals surface area contributed by atoms with Crippen LogP contribution in [0.4, 0.5) is 18.0 Å². The predicted octanol–water partition coefficient (Wildman–Crippen LogP) is 5.86. The standard InChI is InChI=1S/C25H24F3N3O3/c1-16-11-18(3-5-21(16)34-25(26,27)28)19-4-6-22-20(12-19)13-31(23(32)33-22)15-24(7-8-24)14-30-10-9-29-17(30)2/h3-6,9-12H,7-8,13-15H2,1-2H3. The lowest BCUT2D eigenvalue weighted by atomic mass is 9.99. The van der Waals surface area contributed by atoms with E-state index in [-0.39, 0.29) is 17.3 Å². The number of halogens is 3. The van der Waals surface area contributed by atoms with Crippen molar-refractivity contribution in [1.29, 1.82) is 0 Å². The Balaban J connectivity index is 1.34. The van der Waals surface area contributed by atoms with Gasteiger partial charge >= 0.3 is 12.5 Å². The smallest absolute Gasteiger partial charge is 0.410 e. The van der Waals surface area contributed by atoms with Crippen LogP contribution in [0.3, 0.4) is 0 Å². The van der Waals surface area contributed by atoms with E-state index in [2.05, 4.69) is 14.3 Å². The minimum absolute atomic E-state index is 0.0189. The normalized spacial score (nSPS) is 16.7. The van der Waals surface area contributed by atoms with Gasteiger partial charge in [-0.15, -0.1) is 13.2 Å². The summed E-state index contributed by atoms with van der Waals surface area (Å²) in [5, 5.41) is 0. The number of carbonyl (C=O) groups excluding carboxylic acids is 1. The van der Waals surface area contributed by atoms with Gasteiger partial charge < -0.3 is 18.9 Å². The first-order chi connectivity index (χ1) is 16.1. The van der Waals surface area contributed by atoms with Crippen molar-refractivity contribution in [3.63, 3.8) is 0 Å². The van der Waals surface area contributed by atoms with Crippen LogP contribution >= 0.6 is 0 Å². The third kappa shape index (κ3) is 4.60. The number of ether oxygens (including phenoxy) is 2. The molecule has 1 aliphatic carbocycles. The molecule has 2 heterocycles. The molecule has 0 saturated heterocycles. The number of nitrogens with zero attached hydrogens (tertiary/aromatic N) is 3. The number of amides is 1. The maximum absolute atomic E-state index is 12.7. The van der Waals surface area contributed by atoms with E-state index in [4.69, 9.17) is 4.74 Å². The molecule has 0 spiro atoms. The summed E-state index contributed by atoms with van der Waals surface area (Å²) in [6.07, 6.45) is 0.708. The van der Waals surface area contributed by atoms with Gasteiger partial charge in [-0.2, -0.15) is 0 Å². The number of rotatable bonds is 6. The summed E-state index contributed by atoms with van der Waals surface area (Å²) in [6.45, 7) is 5.35. The number of imidazole rings is 1. The Kier molecular flexibility index (Phi) is 5.30. The Morgan fingerprint density at radius 3 is 2.47 bits per heavy atom. The highest BCUT2D eigenvalue weighted by Gasteiger charge is 2.46. The van der Waals surface area contributed by atoms with Crippen molar-refractivity contribution in [2.45, 2.75) is 46.1 Å². The summed E-state index contributed by atoms with van der Waals surface area (Å²) >= 11 is 0. The minimum atomic E-state index is -4.74. The summed E-state index contributed by atoms with van der Waals surface area (Å²) < 4.78 is 49.5. The fraction of sp³-hybridized carbons (Fsp3) is 0.360. The lowest BCUT2D eigenvalue weighted by molar-refractivity contribution is -0.274. The molecule has 1 saturated carbocycles. The van der Waals surface area contributed by atoms with Crippen LogP contribution < -0.4 is 9.47 Å². The largest absolute Gasteiger partial charge is 0.573 e. The number of hydrogen-bond acceptors (Lipinski definition) is 4. The van der Waals surface area contributed by atoms with Gasteiger partial charge in [0.05, 0.1) is 6.54 Å². The third-order valence-corrected chi connectivity index (χ3v) is 6.52. The van der Waals surface area contributed by atoms with E-state index in [1.807, 2.05) is 19.2 Å². The van der Waals surface area contributed by atoms with E-state index in [1.165, 1.54) is 6.07 Å². The van der Waals surface area contributed by atoms with Crippen molar-refractivity contribution in [2.24, 2.45) is 5.41 Å². The molecule has 1 aromatic heterocycles. The third-order valence-electron chi connectivity index (χ3n) is 6.52. The molecule has 2 aliphatic rings. The number of hydrogen-bond donors (Lipinski definition) is 0. The molecular weight excluding hydrogens is 447 g/mol. The molecule has 1 aliphatic heterocycles. The van der Waals surface area contributed by atoms with Crippen LogP contribution in [-0.4, -0.2) is 33.5 Å². The van der Waals surface area contributed by atoms with Gasteiger partial charge in [0, 0.05) is 36.5 Å². The fourth-order valence-corrected chi connectivity index (χ4v) is 4.48. The number of fused-ring (bicyclic) bond motifs is 1. The lowest BCUT2D eigenvalue weighted by Crippen LogP contribution is -2.41. The number of benzene rings is 2. The van der Waals surface area contributed by atoms with Crippen molar-refractivity contribution in [1.82, 2.24) is 14.5 Å². The number of aryl methyl sites for hydroxylation is 2. The van der Waals surface area contributed by atoms with E-state index in [0.29, 0.717) is 24.4 Å². The second-order valence-electron chi connectivity index (χ2n) is 9.18. The summed E-state index contributed by atoms with van der Waals surface area (Å²) in [5.74, 6) is 1.23. The molecule has 1 amide bonds. The van der Waals surface area contributed by atoms with E-state index < -0.39 is 6.36 Å². The molecule has 0 unspecified atom stereocenters. The molecule has 1 fully saturated rings. The second-order valence-corrected chi connectivity index (χ2v) is 9.18. The molecular formula is C25H24F3N3O3. The van der Waals surface area contributed by atoms with Crippen LogP contribution in [0.5, 0.6) is 11.5 Å². The van der Waals surface area contributed by atoms with E-state index >= 15 is 0 Å². The zero-order chi connectivity index (χ0) is 24.1. The molecule has 0 bridgehead atoms. The molecule has 3 aromatic rings. The Labute approximate surface area is 194 Å². The topological polar surface area (TPSA) is 56.6 Å². The minimum Gasteiger partial charge on any atom is -0.410 e. The van der Waals surface area contributed by atoms with Crippen molar-refractivity contribution >= 4 is 6.09 Å². The first-order valence-corrected chi connectivity index (χ1v) is 11.1. The van der Waals surface area contributed by atoms with Gasteiger partial charge in [0.1, 0.15) is 17.3 Å². The number of alkyl halides is 3. The quantitative estimate of drug-likeness (QED) is 0.452. The average molecular weight is 471 g/mol. The van der Waals surface area contributed by atoms with Gasteiger partial charge in [-0.05, 0) is 67.6 Å². The maximum Gasteiger partial charge on any atom is 0.573 e. The van der Waals surface area contributed by atoms with Gasteiger partial charge in [-0.3, -0.25) is 0 Å². The van der Waals surface area contributed by atoms with E-state index in [0.717, 1.165) is 41.9 Å². The molecule has 0 radical (unpaired) electrons. The van der Waals surface area contributed by atoms with Gasteiger partial charge in [-0.25, -0.2) is 9.78 Å². The monoisotopic (exact) mass is 471 g/mol.